The van der Waals surface area contributed by atoms with Crippen molar-refractivity contribution < 1.29 is 51.3 Å². The van der Waals surface area contributed by atoms with Gasteiger partial charge in [0.05, 0.1) is 10.8 Å². The Kier molecular flexibility index (Phi) is 11.2. The van der Waals surface area contributed by atoms with E-state index in [4.69, 9.17) is 0 Å². The van der Waals surface area contributed by atoms with Crippen LogP contribution in [0.4, 0.5) is 34.4 Å². The van der Waals surface area contributed by atoms with E-state index in [1.54, 1.807) is 24.8 Å². The predicted octanol–water partition coefficient (Wildman–Crippen LogP) is 8.57. The van der Waals surface area contributed by atoms with Crippen molar-refractivity contribution in [3.63, 3.8) is 0 Å². The minimum Gasteiger partial charge on any atom is -0.581 e. The van der Waals surface area contributed by atoms with Gasteiger partial charge in [-0.05, 0) is 57.6 Å². The van der Waals surface area contributed by atoms with Crippen molar-refractivity contribution in [1.82, 2.24) is 49.5 Å². The molecule has 2 atom stereocenters. The van der Waals surface area contributed by atoms with E-state index in [1.165, 1.54) is 0 Å². The summed E-state index contributed by atoms with van der Waals surface area (Å²) in [4.78, 5) is 18.1. The molecule has 6 aromatic heterocycles. The van der Waals surface area contributed by atoms with Gasteiger partial charge in [-0.3, -0.25) is 9.97 Å². The fourth-order valence-corrected chi connectivity index (χ4v) is 10.6. The summed E-state index contributed by atoms with van der Waals surface area (Å²) in [6.07, 6.45) is 14.7. The van der Waals surface area contributed by atoms with E-state index in [-0.39, 0.29) is 42.1 Å². The van der Waals surface area contributed by atoms with Gasteiger partial charge in [-0.15, -0.1) is 23.3 Å². The molecule has 0 amide bonds. The second-order valence-electron chi connectivity index (χ2n) is 16.8. The molecule has 4 aromatic carbocycles. The summed E-state index contributed by atoms with van der Waals surface area (Å²) in [7, 11) is 3.95. The number of hydrogen-bond acceptors (Lipinski definition) is 6. The smallest absolute Gasteiger partial charge is 0.581 e. The topological polar surface area (TPSA) is 118 Å². The first-order valence-corrected chi connectivity index (χ1v) is 22.1. The molecule has 14 rings (SSSR count). The zero-order valence-corrected chi connectivity index (χ0v) is 41.9. The van der Waals surface area contributed by atoms with Crippen LogP contribution in [-0.2, 0) is 53.0 Å². The maximum atomic E-state index is 4.60. The summed E-state index contributed by atoms with van der Waals surface area (Å²) in [5.74, 6) is 1.66. The molecule has 14 heteroatoms. The van der Waals surface area contributed by atoms with E-state index < -0.39 is 10.8 Å². The van der Waals surface area contributed by atoms with Gasteiger partial charge in [0.25, 0.3) is 0 Å². The molecule has 0 spiro atoms. The molecule has 0 N–H and O–H groups in total. The first-order valence-electron chi connectivity index (χ1n) is 22.1. The van der Waals surface area contributed by atoms with Crippen LogP contribution in [-0.4, -0.2) is 65.4 Å². The van der Waals surface area contributed by atoms with Crippen molar-refractivity contribution in [2.45, 2.75) is 10.8 Å². The summed E-state index contributed by atoms with van der Waals surface area (Å²) in [6.45, 7) is 0. The SMILES string of the molecule is C[N+]1=C=[N+](c2[c-]c(C3(c4cc[n-]n4)c4ccccc4-c4cnccc43)ccc2)c2ncccc21.C[N+]1=C=[N+](c2[c-]c(C3(c4cc[n-]n4)c4ccccc4-c4cnccc43)ccc2)c2ncccc21.[Pt+2].[Pt+2]. The van der Waals surface area contributed by atoms with Gasteiger partial charge in [0.2, 0.25) is 0 Å². The molecule has 4 aliphatic rings. The molecule has 0 saturated heterocycles. The van der Waals surface area contributed by atoms with Gasteiger partial charge < -0.3 is 20.4 Å². The fourth-order valence-electron chi connectivity index (χ4n) is 10.6. The molecule has 336 valence electrons. The molecule has 0 radical (unpaired) electrons. The molecule has 0 bridgehead atoms. The van der Waals surface area contributed by atoms with Crippen LogP contribution in [0.25, 0.3) is 22.3 Å². The second-order valence-corrected chi connectivity index (χ2v) is 16.8. The third-order valence-electron chi connectivity index (χ3n) is 13.4. The molecule has 2 unspecified atom stereocenters. The van der Waals surface area contributed by atoms with Crippen molar-refractivity contribution in [1.29, 1.82) is 0 Å². The van der Waals surface area contributed by atoms with E-state index in [0.29, 0.717) is 0 Å². The van der Waals surface area contributed by atoms with Gasteiger partial charge in [0.15, 0.2) is 14.1 Å². The Morgan fingerprint density at radius 1 is 0.457 bits per heavy atom. The molecule has 2 aliphatic carbocycles. The van der Waals surface area contributed by atoms with Gasteiger partial charge in [-0.25, -0.2) is 0 Å². The largest absolute Gasteiger partial charge is 2.00 e. The molecule has 8 heterocycles. The normalized spacial score (nSPS) is 17.1. The monoisotopic (exact) mass is 1270 g/mol. The number of hydrogen-bond donors (Lipinski definition) is 0. The maximum Gasteiger partial charge on any atom is 2.00 e. The van der Waals surface area contributed by atoms with Crippen LogP contribution >= 0.6 is 0 Å². The van der Waals surface area contributed by atoms with Gasteiger partial charge >= 0.3 is 77.2 Å². The van der Waals surface area contributed by atoms with Crippen LogP contribution < -0.4 is 19.3 Å². The summed E-state index contributed by atoms with van der Waals surface area (Å²) >= 11 is 0. The van der Waals surface area contributed by atoms with Crippen molar-refractivity contribution in [3.05, 3.63) is 240 Å². The van der Waals surface area contributed by atoms with Crippen molar-refractivity contribution >= 4 is 46.4 Å². The zero-order chi connectivity index (χ0) is 45.4. The predicted molar refractivity (Wildman–Crippen MR) is 256 cm³/mol. The molecule has 0 saturated carbocycles. The van der Waals surface area contributed by atoms with Crippen molar-refractivity contribution in [2.75, 3.05) is 14.1 Å². The van der Waals surface area contributed by atoms with Gasteiger partial charge in [-0.1, -0.05) is 91.1 Å². The standard InChI is InChI=1S/2C28H18N6.2Pt/c2*1-33-18-34(27-25(33)10-5-13-30-27)20-7-4-6-19(16-20)28(26-12-15-31-32-26)23-9-3-2-8-21(23)22-17-29-14-11-24(22)28;;/h2*2-15,17H,1H3;;/q;;2*+2. The molecular weight excluding hydrogens is 1230 g/mol. The fraction of sp³-hybridized carbons (Fsp3) is 0.0714. The second kappa shape index (κ2) is 17.5. The zero-order valence-electron chi connectivity index (χ0n) is 37.3. The molecule has 10 aromatic rings. The Hall–Kier alpha value is -7.96. The van der Waals surface area contributed by atoms with Crippen LogP contribution in [0.2, 0.25) is 0 Å². The van der Waals surface area contributed by atoms with Crippen molar-refractivity contribution in [3.8, 4) is 22.3 Å². The van der Waals surface area contributed by atoms with E-state index in [9.17, 15) is 0 Å². The van der Waals surface area contributed by atoms with Crippen LogP contribution in [0.5, 0.6) is 0 Å². The quantitative estimate of drug-likeness (QED) is 0.120. The number of aromatic nitrogens is 8. The number of fused-ring (bicyclic) bond motifs is 8. The van der Waals surface area contributed by atoms with E-state index in [2.05, 4.69) is 149 Å². The summed E-state index contributed by atoms with van der Waals surface area (Å²) in [5.41, 5.74) is 15.2. The summed E-state index contributed by atoms with van der Waals surface area (Å²) < 4.78 is 7.81. The molecule has 70 heavy (non-hydrogen) atoms. The molecule has 2 aliphatic heterocycles. The number of benzene rings is 4. The Morgan fingerprint density at radius 2 is 0.900 bits per heavy atom. The van der Waals surface area contributed by atoms with E-state index in [0.717, 1.165) is 101 Å². The minimum absolute atomic E-state index is 0. The van der Waals surface area contributed by atoms with Crippen molar-refractivity contribution in [2.24, 2.45) is 0 Å². The van der Waals surface area contributed by atoms with Crippen LogP contribution in [0.1, 0.15) is 44.8 Å². The number of pyridine rings is 4. The van der Waals surface area contributed by atoms with E-state index in [1.807, 2.05) is 106 Å². The van der Waals surface area contributed by atoms with Crippen LogP contribution in [0, 0.1) is 12.1 Å². The van der Waals surface area contributed by atoms with E-state index >= 15 is 0 Å². The third-order valence-corrected chi connectivity index (χ3v) is 13.4. The maximum absolute atomic E-state index is 4.60. The summed E-state index contributed by atoms with van der Waals surface area (Å²) in [5, 5.41) is 17.6. The molecular formula is C56H36N12Pt2+4. The average molecular weight is 1270 g/mol. The Morgan fingerprint density at radius 3 is 1.34 bits per heavy atom. The first kappa shape index (κ1) is 44.5. The molecule has 0 fully saturated rings. The molecule has 12 nitrogen and oxygen atoms in total. The minimum atomic E-state index is -0.653. The first-order chi connectivity index (χ1) is 33.6. The Labute approximate surface area is 431 Å². The Bertz CT molecular complexity index is 3490. The number of nitrogens with zero attached hydrogens (tertiary/aromatic N) is 12. The summed E-state index contributed by atoms with van der Waals surface area (Å²) in [6, 6.07) is 59.6. The van der Waals surface area contributed by atoms with Gasteiger partial charge in [0.1, 0.15) is 11.4 Å². The third kappa shape index (κ3) is 6.46. The number of rotatable bonds is 6. The average Bonchev–Trinajstić information content (AvgIpc) is 4.28. The Balaban J connectivity index is 0.000000148. The van der Waals surface area contributed by atoms with Crippen LogP contribution in [0.3, 0.4) is 0 Å². The van der Waals surface area contributed by atoms with Crippen LogP contribution in [0.15, 0.2) is 183 Å². The van der Waals surface area contributed by atoms with Gasteiger partial charge in [-0.2, -0.15) is 46.6 Å². The van der Waals surface area contributed by atoms with Gasteiger partial charge in [0, 0.05) is 71.8 Å².